The van der Waals surface area contributed by atoms with E-state index in [1.54, 1.807) is 0 Å². The second-order valence-electron chi connectivity index (χ2n) is 4.68. The molecule has 1 heterocycles. The summed E-state index contributed by atoms with van der Waals surface area (Å²) in [5, 5.41) is 7.06. The van der Waals surface area contributed by atoms with Crippen LogP contribution in [0.4, 0.5) is 8.78 Å². The highest BCUT2D eigenvalue weighted by atomic mass is 19.1. The van der Waals surface area contributed by atoms with Gasteiger partial charge >= 0.3 is 0 Å². The fourth-order valence-electron chi connectivity index (χ4n) is 1.86. The van der Waals surface area contributed by atoms with Crippen LogP contribution in [0.15, 0.2) is 22.7 Å². The van der Waals surface area contributed by atoms with Gasteiger partial charge in [0.05, 0.1) is 6.04 Å². The molecular formula is C14H17F2N3O. The Hall–Kier alpha value is -1.82. The normalized spacial score (nSPS) is 12.6. The number of nitrogens with one attached hydrogen (secondary N) is 1. The predicted octanol–water partition coefficient (Wildman–Crippen LogP) is 3.00. The van der Waals surface area contributed by atoms with Gasteiger partial charge in [0.1, 0.15) is 11.6 Å². The first kappa shape index (κ1) is 14.6. The van der Waals surface area contributed by atoms with Crippen molar-refractivity contribution in [3.05, 3.63) is 47.1 Å². The van der Waals surface area contributed by atoms with Crippen LogP contribution in [0.3, 0.4) is 0 Å². The van der Waals surface area contributed by atoms with E-state index in [0.29, 0.717) is 17.3 Å². The second kappa shape index (κ2) is 6.56. The van der Waals surface area contributed by atoms with Gasteiger partial charge in [0.15, 0.2) is 5.82 Å². The minimum atomic E-state index is -0.610. The molecule has 20 heavy (non-hydrogen) atoms. The first-order chi connectivity index (χ1) is 9.58. The lowest BCUT2D eigenvalue weighted by molar-refractivity contribution is 0.337. The van der Waals surface area contributed by atoms with Crippen LogP contribution in [-0.4, -0.2) is 16.7 Å². The summed E-state index contributed by atoms with van der Waals surface area (Å²) < 4.78 is 31.3. The maximum Gasteiger partial charge on any atom is 0.243 e. The molecule has 2 aromatic rings. The fraction of sp³-hybridized carbons (Fsp3) is 0.429. The van der Waals surface area contributed by atoms with E-state index in [1.807, 2.05) is 6.92 Å². The van der Waals surface area contributed by atoms with Crippen LogP contribution in [0.5, 0.6) is 0 Å². The summed E-state index contributed by atoms with van der Waals surface area (Å²) >= 11 is 0. The molecule has 0 radical (unpaired) electrons. The third kappa shape index (κ3) is 3.84. The first-order valence-corrected chi connectivity index (χ1v) is 6.59. The van der Waals surface area contributed by atoms with Gasteiger partial charge in [-0.3, -0.25) is 0 Å². The number of benzene rings is 1. The Morgan fingerprint density at radius 3 is 2.60 bits per heavy atom. The molecule has 1 atom stereocenters. The smallest absolute Gasteiger partial charge is 0.243 e. The van der Waals surface area contributed by atoms with Crippen LogP contribution in [0.2, 0.25) is 0 Å². The molecule has 0 spiro atoms. The maximum absolute atomic E-state index is 13.1. The van der Waals surface area contributed by atoms with Crippen LogP contribution in [-0.2, 0) is 6.42 Å². The van der Waals surface area contributed by atoms with E-state index in [0.717, 1.165) is 19.0 Å². The summed E-state index contributed by atoms with van der Waals surface area (Å²) in [6.07, 6.45) is 1.24. The average Bonchev–Trinajstić information content (AvgIpc) is 2.83. The van der Waals surface area contributed by atoms with Crippen LogP contribution >= 0.6 is 0 Å². The van der Waals surface area contributed by atoms with E-state index >= 15 is 0 Å². The van der Waals surface area contributed by atoms with Crippen LogP contribution in [0.1, 0.15) is 43.6 Å². The SMILES string of the molecule is CCCNC(C)c1nc(Cc2cc(F)cc(F)c2)no1. The van der Waals surface area contributed by atoms with Crippen LogP contribution in [0.25, 0.3) is 0 Å². The van der Waals surface area contributed by atoms with Gasteiger partial charge in [-0.25, -0.2) is 8.78 Å². The number of hydrogen-bond donors (Lipinski definition) is 1. The van der Waals surface area contributed by atoms with Crippen LogP contribution < -0.4 is 5.32 Å². The van der Waals surface area contributed by atoms with Crippen molar-refractivity contribution in [2.75, 3.05) is 6.54 Å². The predicted molar refractivity (Wildman–Crippen MR) is 70.2 cm³/mol. The highest BCUT2D eigenvalue weighted by Gasteiger charge is 2.14. The van der Waals surface area contributed by atoms with Crippen molar-refractivity contribution in [2.24, 2.45) is 0 Å². The topological polar surface area (TPSA) is 51.0 Å². The van der Waals surface area contributed by atoms with Crippen LogP contribution in [0, 0.1) is 11.6 Å². The summed E-state index contributed by atoms with van der Waals surface area (Å²) in [7, 11) is 0. The van der Waals surface area contributed by atoms with Gasteiger partial charge in [-0.05, 0) is 37.6 Å². The lowest BCUT2D eigenvalue weighted by Crippen LogP contribution is -2.19. The minimum Gasteiger partial charge on any atom is -0.338 e. The van der Waals surface area contributed by atoms with E-state index in [1.165, 1.54) is 12.1 Å². The molecule has 1 aromatic heterocycles. The van der Waals surface area contributed by atoms with Crippen molar-refractivity contribution in [1.82, 2.24) is 15.5 Å². The molecule has 108 valence electrons. The quantitative estimate of drug-likeness (QED) is 0.884. The first-order valence-electron chi connectivity index (χ1n) is 6.59. The van der Waals surface area contributed by atoms with Gasteiger partial charge in [-0.15, -0.1) is 0 Å². The fourth-order valence-corrected chi connectivity index (χ4v) is 1.86. The number of nitrogens with zero attached hydrogens (tertiary/aromatic N) is 2. The molecule has 0 fully saturated rings. The zero-order valence-electron chi connectivity index (χ0n) is 11.5. The standard InChI is InChI=1S/C14H17F2N3O/c1-3-4-17-9(2)14-18-13(19-20-14)7-10-5-11(15)8-12(16)6-10/h5-6,8-9,17H,3-4,7H2,1-2H3. The highest BCUT2D eigenvalue weighted by Crippen LogP contribution is 2.14. The van der Waals surface area contributed by atoms with Gasteiger partial charge in [0.25, 0.3) is 0 Å². The van der Waals surface area contributed by atoms with Crippen molar-refractivity contribution in [1.29, 1.82) is 0 Å². The van der Waals surface area contributed by atoms with E-state index in [2.05, 4.69) is 22.4 Å². The highest BCUT2D eigenvalue weighted by molar-refractivity contribution is 5.21. The molecule has 0 saturated heterocycles. The Kier molecular flexibility index (Phi) is 4.79. The molecule has 0 amide bonds. The van der Waals surface area contributed by atoms with Gasteiger partial charge < -0.3 is 9.84 Å². The molecule has 0 bridgehead atoms. The number of aromatic nitrogens is 2. The zero-order chi connectivity index (χ0) is 14.5. The van der Waals surface area contributed by atoms with Gasteiger partial charge in [0.2, 0.25) is 5.89 Å². The molecule has 0 aliphatic carbocycles. The summed E-state index contributed by atoms with van der Waals surface area (Å²) in [6.45, 7) is 4.85. The van der Waals surface area contributed by atoms with Crippen molar-refractivity contribution in [3.8, 4) is 0 Å². The van der Waals surface area contributed by atoms with Gasteiger partial charge in [0, 0.05) is 12.5 Å². The van der Waals surface area contributed by atoms with Crippen molar-refractivity contribution in [2.45, 2.75) is 32.7 Å². The Morgan fingerprint density at radius 2 is 1.95 bits per heavy atom. The Morgan fingerprint density at radius 1 is 1.25 bits per heavy atom. The Bertz CT molecular complexity index is 551. The molecule has 1 N–H and O–H groups in total. The lowest BCUT2D eigenvalue weighted by Gasteiger charge is -2.06. The van der Waals surface area contributed by atoms with E-state index in [9.17, 15) is 8.78 Å². The van der Waals surface area contributed by atoms with Crippen molar-refractivity contribution >= 4 is 0 Å². The third-order valence-electron chi connectivity index (χ3n) is 2.84. The molecule has 4 nitrogen and oxygen atoms in total. The average molecular weight is 281 g/mol. The minimum absolute atomic E-state index is 0.0413. The molecule has 2 rings (SSSR count). The summed E-state index contributed by atoms with van der Waals surface area (Å²) in [5.74, 6) is -0.330. The molecule has 1 unspecified atom stereocenters. The maximum atomic E-state index is 13.1. The third-order valence-corrected chi connectivity index (χ3v) is 2.84. The molecule has 1 aromatic carbocycles. The summed E-state index contributed by atoms with van der Waals surface area (Å²) in [5.41, 5.74) is 0.476. The van der Waals surface area contributed by atoms with E-state index < -0.39 is 11.6 Å². The molecule has 6 heteroatoms. The zero-order valence-corrected chi connectivity index (χ0v) is 11.5. The monoisotopic (exact) mass is 281 g/mol. The summed E-state index contributed by atoms with van der Waals surface area (Å²) in [4.78, 5) is 4.23. The largest absolute Gasteiger partial charge is 0.338 e. The van der Waals surface area contributed by atoms with Gasteiger partial charge in [-0.2, -0.15) is 4.98 Å². The molecule has 0 aliphatic heterocycles. The Labute approximate surface area is 116 Å². The number of hydrogen-bond acceptors (Lipinski definition) is 4. The molecular weight excluding hydrogens is 264 g/mol. The number of rotatable bonds is 6. The molecule has 0 aliphatic rings. The number of halogens is 2. The Balaban J connectivity index is 2.05. The molecule has 0 saturated carbocycles. The summed E-state index contributed by atoms with van der Waals surface area (Å²) in [6, 6.07) is 3.32. The lowest BCUT2D eigenvalue weighted by atomic mass is 10.1. The van der Waals surface area contributed by atoms with E-state index in [-0.39, 0.29) is 12.5 Å². The second-order valence-corrected chi connectivity index (χ2v) is 4.68. The van der Waals surface area contributed by atoms with Crippen molar-refractivity contribution < 1.29 is 13.3 Å². The van der Waals surface area contributed by atoms with E-state index in [4.69, 9.17) is 4.52 Å². The van der Waals surface area contributed by atoms with Crippen molar-refractivity contribution in [3.63, 3.8) is 0 Å². The van der Waals surface area contributed by atoms with Gasteiger partial charge in [-0.1, -0.05) is 12.1 Å².